The highest BCUT2D eigenvalue weighted by Gasteiger charge is 2.09. The summed E-state index contributed by atoms with van der Waals surface area (Å²) < 4.78 is 4.65. The van der Waals surface area contributed by atoms with Gasteiger partial charge in [0.2, 0.25) is 5.91 Å². The summed E-state index contributed by atoms with van der Waals surface area (Å²) in [6.07, 6.45) is 4.51. The van der Waals surface area contributed by atoms with Crippen LogP contribution in [0.3, 0.4) is 0 Å². The summed E-state index contributed by atoms with van der Waals surface area (Å²) in [5.74, 6) is -0.500. The summed E-state index contributed by atoms with van der Waals surface area (Å²) in [7, 11) is 1.32. The molecule has 0 unspecified atom stereocenters. The van der Waals surface area contributed by atoms with Crippen molar-refractivity contribution in [2.75, 3.05) is 19.4 Å². The fourth-order valence-electron chi connectivity index (χ4n) is 1.52. The normalized spacial score (nSPS) is 10.4. The van der Waals surface area contributed by atoms with Gasteiger partial charge in [0.05, 0.1) is 12.7 Å². The molecule has 3 N–H and O–H groups in total. The maximum atomic E-state index is 11.5. The Kier molecular flexibility index (Phi) is 5.60. The molecule has 0 saturated carbocycles. The molecule has 0 aliphatic heterocycles. The molecule has 0 atom stereocenters. The molecule has 0 aliphatic rings. The largest absolute Gasteiger partial charge is 0.465 e. The van der Waals surface area contributed by atoms with Crippen LogP contribution in [0.1, 0.15) is 29.3 Å². The number of methoxy groups -OCH3 is 1. The first kappa shape index (κ1) is 14.8. The zero-order chi connectivity index (χ0) is 14.3. The van der Waals surface area contributed by atoms with Crippen LogP contribution in [0.15, 0.2) is 24.3 Å². The van der Waals surface area contributed by atoms with E-state index in [4.69, 9.17) is 5.73 Å². The molecule has 102 valence electrons. The summed E-state index contributed by atoms with van der Waals surface area (Å²) in [6, 6.07) is 5.16. The predicted molar refractivity (Wildman–Crippen MR) is 74.5 cm³/mol. The minimum atomic E-state index is -0.453. The molecule has 0 spiro atoms. The molecular weight excluding hydrogens is 244 g/mol. The van der Waals surface area contributed by atoms with E-state index in [0.29, 0.717) is 17.8 Å². The minimum absolute atomic E-state index is 0.0473. The van der Waals surface area contributed by atoms with Crippen LogP contribution in [0.4, 0.5) is 5.69 Å². The molecule has 0 fully saturated rings. The summed E-state index contributed by atoms with van der Waals surface area (Å²) >= 11 is 0. The lowest BCUT2D eigenvalue weighted by molar-refractivity contribution is -0.118. The van der Waals surface area contributed by atoms with Gasteiger partial charge in [0.25, 0.3) is 0 Å². The van der Waals surface area contributed by atoms with E-state index in [-0.39, 0.29) is 5.91 Å². The molecule has 1 aromatic carbocycles. The number of esters is 1. The van der Waals surface area contributed by atoms with Gasteiger partial charge in [0.15, 0.2) is 0 Å². The van der Waals surface area contributed by atoms with Crippen LogP contribution < -0.4 is 11.1 Å². The minimum Gasteiger partial charge on any atom is -0.465 e. The lowest BCUT2D eigenvalue weighted by atomic mass is 10.1. The summed E-state index contributed by atoms with van der Waals surface area (Å²) in [5.41, 5.74) is 7.31. The SMILES string of the molecule is COC(=O)c1cc(C=CCCNC(C)=O)ccc1N. The van der Waals surface area contributed by atoms with E-state index in [9.17, 15) is 9.59 Å². The second-order valence-electron chi connectivity index (χ2n) is 4.01. The van der Waals surface area contributed by atoms with E-state index in [2.05, 4.69) is 10.1 Å². The number of carbonyl (C=O) groups is 2. The summed E-state index contributed by atoms with van der Waals surface area (Å²) in [4.78, 5) is 22.1. The fraction of sp³-hybridized carbons (Fsp3) is 0.286. The number of nitrogen functional groups attached to an aromatic ring is 1. The van der Waals surface area contributed by atoms with Crippen LogP contribution in [0, 0.1) is 0 Å². The van der Waals surface area contributed by atoms with Crippen molar-refractivity contribution < 1.29 is 14.3 Å². The first-order valence-electron chi connectivity index (χ1n) is 5.93. The first-order chi connectivity index (χ1) is 9.04. The van der Waals surface area contributed by atoms with Crippen molar-refractivity contribution in [1.82, 2.24) is 5.32 Å². The average molecular weight is 262 g/mol. The molecule has 0 radical (unpaired) electrons. The third-order valence-electron chi connectivity index (χ3n) is 2.48. The third-order valence-corrected chi connectivity index (χ3v) is 2.48. The van der Waals surface area contributed by atoms with Crippen molar-refractivity contribution >= 4 is 23.6 Å². The quantitative estimate of drug-likeness (QED) is 0.479. The van der Waals surface area contributed by atoms with E-state index in [1.165, 1.54) is 14.0 Å². The number of hydrogen-bond acceptors (Lipinski definition) is 4. The monoisotopic (exact) mass is 262 g/mol. The summed E-state index contributed by atoms with van der Waals surface area (Å²) in [6.45, 7) is 2.07. The Balaban J connectivity index is 2.66. The summed E-state index contributed by atoms with van der Waals surface area (Å²) in [5, 5.41) is 2.70. The zero-order valence-electron chi connectivity index (χ0n) is 11.1. The molecule has 1 aromatic rings. The second-order valence-corrected chi connectivity index (χ2v) is 4.01. The van der Waals surface area contributed by atoms with Crippen molar-refractivity contribution in [1.29, 1.82) is 0 Å². The van der Waals surface area contributed by atoms with Crippen molar-refractivity contribution in [2.24, 2.45) is 0 Å². The molecule has 0 saturated heterocycles. The molecule has 19 heavy (non-hydrogen) atoms. The number of rotatable bonds is 5. The molecule has 1 rings (SSSR count). The van der Waals surface area contributed by atoms with Crippen molar-refractivity contribution in [3.05, 3.63) is 35.4 Å². The van der Waals surface area contributed by atoms with E-state index < -0.39 is 5.97 Å². The maximum absolute atomic E-state index is 11.5. The van der Waals surface area contributed by atoms with Crippen LogP contribution >= 0.6 is 0 Å². The van der Waals surface area contributed by atoms with E-state index in [1.807, 2.05) is 18.2 Å². The molecule has 0 aliphatic carbocycles. The Labute approximate surface area is 112 Å². The Morgan fingerprint density at radius 2 is 2.16 bits per heavy atom. The van der Waals surface area contributed by atoms with Gasteiger partial charge < -0.3 is 15.8 Å². The highest BCUT2D eigenvalue weighted by molar-refractivity contribution is 5.95. The second kappa shape index (κ2) is 7.20. The number of nitrogens with two attached hydrogens (primary N) is 1. The average Bonchev–Trinajstić information content (AvgIpc) is 2.39. The lowest BCUT2D eigenvalue weighted by Crippen LogP contribution is -2.20. The van der Waals surface area contributed by atoms with E-state index >= 15 is 0 Å². The number of anilines is 1. The molecule has 5 nitrogen and oxygen atoms in total. The van der Waals surface area contributed by atoms with Crippen LogP contribution in [0.25, 0.3) is 6.08 Å². The Morgan fingerprint density at radius 1 is 1.42 bits per heavy atom. The van der Waals surface area contributed by atoms with Gasteiger partial charge in [0, 0.05) is 19.2 Å². The third kappa shape index (κ3) is 4.83. The number of benzene rings is 1. The Bertz CT molecular complexity index is 495. The van der Waals surface area contributed by atoms with E-state index in [1.54, 1.807) is 12.1 Å². The van der Waals surface area contributed by atoms with Crippen LogP contribution in [-0.2, 0) is 9.53 Å². The van der Waals surface area contributed by atoms with Gasteiger partial charge in [-0.15, -0.1) is 0 Å². The van der Waals surface area contributed by atoms with Crippen LogP contribution in [0.2, 0.25) is 0 Å². The molecule has 5 heteroatoms. The topological polar surface area (TPSA) is 81.4 Å². The maximum Gasteiger partial charge on any atom is 0.339 e. The van der Waals surface area contributed by atoms with Gasteiger partial charge in [-0.25, -0.2) is 4.79 Å². The van der Waals surface area contributed by atoms with Crippen LogP contribution in [0.5, 0.6) is 0 Å². The molecule has 0 aromatic heterocycles. The standard InChI is InChI=1S/C14H18N2O3/c1-10(17)16-8-4-3-5-11-6-7-13(15)12(9-11)14(18)19-2/h3,5-7,9H,4,8,15H2,1-2H3,(H,16,17). The lowest BCUT2D eigenvalue weighted by Gasteiger charge is -2.04. The highest BCUT2D eigenvalue weighted by atomic mass is 16.5. The molecule has 0 heterocycles. The number of amides is 1. The smallest absolute Gasteiger partial charge is 0.339 e. The number of ether oxygens (including phenoxy) is 1. The van der Waals surface area contributed by atoms with Crippen molar-refractivity contribution in [3.8, 4) is 0 Å². The Hall–Kier alpha value is -2.30. The van der Waals surface area contributed by atoms with Gasteiger partial charge >= 0.3 is 5.97 Å². The number of nitrogens with one attached hydrogen (secondary N) is 1. The van der Waals surface area contributed by atoms with Gasteiger partial charge in [-0.3, -0.25) is 4.79 Å². The van der Waals surface area contributed by atoms with Gasteiger partial charge in [-0.1, -0.05) is 18.2 Å². The van der Waals surface area contributed by atoms with Gasteiger partial charge in [-0.2, -0.15) is 0 Å². The van der Waals surface area contributed by atoms with Crippen molar-refractivity contribution in [2.45, 2.75) is 13.3 Å². The predicted octanol–water partition coefficient (Wildman–Crippen LogP) is 1.59. The van der Waals surface area contributed by atoms with Crippen molar-refractivity contribution in [3.63, 3.8) is 0 Å². The number of carbonyl (C=O) groups excluding carboxylic acids is 2. The molecule has 0 bridgehead atoms. The Morgan fingerprint density at radius 3 is 2.79 bits per heavy atom. The number of hydrogen-bond donors (Lipinski definition) is 2. The van der Waals surface area contributed by atoms with Gasteiger partial charge in [0.1, 0.15) is 0 Å². The molecular formula is C14H18N2O3. The first-order valence-corrected chi connectivity index (χ1v) is 5.93. The fourth-order valence-corrected chi connectivity index (χ4v) is 1.52. The zero-order valence-corrected chi connectivity index (χ0v) is 11.1. The van der Waals surface area contributed by atoms with Crippen LogP contribution in [-0.4, -0.2) is 25.5 Å². The van der Waals surface area contributed by atoms with E-state index in [0.717, 1.165) is 12.0 Å². The van der Waals surface area contributed by atoms with Gasteiger partial charge in [-0.05, 0) is 24.1 Å². The highest BCUT2D eigenvalue weighted by Crippen LogP contribution is 2.16. The molecule has 1 amide bonds.